The minimum Gasteiger partial charge on any atom is -0.493 e. The number of hydrogen-bond donors (Lipinski definition) is 1. The van der Waals surface area contributed by atoms with E-state index in [1.807, 2.05) is 35.7 Å². The van der Waals surface area contributed by atoms with E-state index in [1.165, 1.54) is 0 Å². The molecule has 1 atom stereocenters. The summed E-state index contributed by atoms with van der Waals surface area (Å²) in [5.74, 6) is 2.34. The molecule has 0 saturated carbocycles. The Bertz CT molecular complexity index is 919. The number of nitrogens with one attached hydrogen (secondary N) is 1. The first-order valence-electron chi connectivity index (χ1n) is 9.29. The molecule has 27 heavy (non-hydrogen) atoms. The quantitative estimate of drug-likeness (QED) is 0.689. The van der Waals surface area contributed by atoms with E-state index in [9.17, 15) is 0 Å². The summed E-state index contributed by atoms with van der Waals surface area (Å²) in [4.78, 5) is 8.97. The molecular weight excluding hydrogens is 344 g/mol. The van der Waals surface area contributed by atoms with Gasteiger partial charge in [-0.15, -0.1) is 0 Å². The number of fused-ring (bicyclic) bond motifs is 1. The zero-order chi connectivity index (χ0) is 18.6. The summed E-state index contributed by atoms with van der Waals surface area (Å²) in [6, 6.07) is 5.88. The minimum atomic E-state index is 0.236. The van der Waals surface area contributed by atoms with Gasteiger partial charge in [0, 0.05) is 31.1 Å². The summed E-state index contributed by atoms with van der Waals surface area (Å²) in [7, 11) is 1.64. The maximum Gasteiger partial charge on any atom is 0.161 e. The number of aromatic nitrogens is 3. The van der Waals surface area contributed by atoms with Crippen molar-refractivity contribution in [1.82, 2.24) is 14.4 Å². The Kier molecular flexibility index (Phi) is 5.11. The van der Waals surface area contributed by atoms with Gasteiger partial charge >= 0.3 is 0 Å². The molecule has 3 aromatic rings. The Hall–Kier alpha value is -2.80. The van der Waals surface area contributed by atoms with Crippen LogP contribution in [-0.4, -0.2) is 47.3 Å². The van der Waals surface area contributed by atoms with Crippen molar-refractivity contribution in [1.29, 1.82) is 0 Å². The van der Waals surface area contributed by atoms with Gasteiger partial charge in [-0.1, -0.05) is 0 Å². The number of methoxy groups -OCH3 is 1. The van der Waals surface area contributed by atoms with Crippen LogP contribution in [0.1, 0.15) is 19.8 Å². The van der Waals surface area contributed by atoms with Crippen LogP contribution in [0.15, 0.2) is 36.8 Å². The lowest BCUT2D eigenvalue weighted by Crippen LogP contribution is -2.19. The van der Waals surface area contributed by atoms with Gasteiger partial charge in [-0.3, -0.25) is 9.38 Å². The average molecular weight is 368 g/mol. The Labute approximate surface area is 158 Å². The first-order valence-corrected chi connectivity index (χ1v) is 9.29. The van der Waals surface area contributed by atoms with Gasteiger partial charge in [0.25, 0.3) is 0 Å². The van der Waals surface area contributed by atoms with Crippen molar-refractivity contribution in [3.63, 3.8) is 0 Å². The van der Waals surface area contributed by atoms with Gasteiger partial charge < -0.3 is 19.5 Å². The highest BCUT2D eigenvalue weighted by Gasteiger charge is 2.19. The predicted molar refractivity (Wildman–Crippen MR) is 104 cm³/mol. The van der Waals surface area contributed by atoms with Crippen LogP contribution in [0, 0.1) is 0 Å². The third kappa shape index (κ3) is 3.55. The third-order valence-corrected chi connectivity index (χ3v) is 4.69. The molecule has 0 spiro atoms. The summed E-state index contributed by atoms with van der Waals surface area (Å²) in [6.45, 7) is 4.13. The van der Waals surface area contributed by atoms with Crippen molar-refractivity contribution >= 4 is 11.5 Å². The normalized spacial score (nSPS) is 16.6. The predicted octanol–water partition coefficient (Wildman–Crippen LogP) is 3.39. The molecule has 0 radical (unpaired) electrons. The monoisotopic (exact) mass is 368 g/mol. The highest BCUT2D eigenvalue weighted by Crippen LogP contribution is 2.35. The zero-order valence-corrected chi connectivity index (χ0v) is 15.6. The van der Waals surface area contributed by atoms with Crippen molar-refractivity contribution in [2.75, 3.05) is 32.2 Å². The first-order chi connectivity index (χ1) is 13.3. The molecule has 0 unspecified atom stereocenters. The van der Waals surface area contributed by atoms with E-state index in [0.29, 0.717) is 12.4 Å². The number of nitrogens with zero attached hydrogens (tertiary/aromatic N) is 3. The molecule has 1 aromatic carbocycles. The van der Waals surface area contributed by atoms with Gasteiger partial charge in [0.15, 0.2) is 17.1 Å². The van der Waals surface area contributed by atoms with Crippen LogP contribution in [0.3, 0.4) is 0 Å². The Morgan fingerprint density at radius 3 is 3.04 bits per heavy atom. The Morgan fingerprint density at radius 2 is 2.26 bits per heavy atom. The fourth-order valence-corrected chi connectivity index (χ4v) is 3.38. The standard InChI is InChI=1S/C20H24N4O3/c1-3-26-16-7-6-14(11-17(16)25-2)19-20(22-12-15-5-4-10-27-15)24-9-8-21-13-18(24)23-19/h6-9,11,13,15,22H,3-5,10,12H2,1-2H3/t15-/m1/s1. The number of imidazole rings is 1. The van der Waals surface area contributed by atoms with E-state index in [1.54, 1.807) is 19.5 Å². The zero-order valence-electron chi connectivity index (χ0n) is 15.6. The van der Waals surface area contributed by atoms with Gasteiger partial charge in [-0.05, 0) is 38.0 Å². The van der Waals surface area contributed by atoms with Crippen LogP contribution >= 0.6 is 0 Å². The van der Waals surface area contributed by atoms with Gasteiger partial charge in [0.2, 0.25) is 0 Å². The fourth-order valence-electron chi connectivity index (χ4n) is 3.38. The Morgan fingerprint density at radius 1 is 1.33 bits per heavy atom. The van der Waals surface area contributed by atoms with Crippen molar-refractivity contribution in [3.8, 4) is 22.8 Å². The number of benzene rings is 1. The van der Waals surface area contributed by atoms with Crippen LogP contribution in [0.2, 0.25) is 0 Å². The fraction of sp³-hybridized carbons (Fsp3) is 0.400. The van der Waals surface area contributed by atoms with Crippen LogP contribution < -0.4 is 14.8 Å². The van der Waals surface area contributed by atoms with Crippen LogP contribution in [-0.2, 0) is 4.74 Å². The molecule has 0 amide bonds. The molecule has 0 bridgehead atoms. The van der Waals surface area contributed by atoms with E-state index >= 15 is 0 Å². The van der Waals surface area contributed by atoms with Crippen LogP contribution in [0.25, 0.3) is 16.9 Å². The molecule has 1 saturated heterocycles. The highest BCUT2D eigenvalue weighted by molar-refractivity contribution is 5.77. The molecule has 1 fully saturated rings. The molecule has 1 aliphatic heterocycles. The van der Waals surface area contributed by atoms with Gasteiger partial charge in [0.05, 0.1) is 26.0 Å². The summed E-state index contributed by atoms with van der Waals surface area (Å²) in [5, 5.41) is 3.53. The van der Waals surface area contributed by atoms with E-state index < -0.39 is 0 Å². The van der Waals surface area contributed by atoms with E-state index in [0.717, 1.165) is 54.5 Å². The third-order valence-electron chi connectivity index (χ3n) is 4.69. The topological polar surface area (TPSA) is 69.9 Å². The second-order valence-corrected chi connectivity index (χ2v) is 6.43. The molecule has 2 aromatic heterocycles. The maximum absolute atomic E-state index is 5.75. The van der Waals surface area contributed by atoms with Crippen LogP contribution in [0.5, 0.6) is 11.5 Å². The lowest BCUT2D eigenvalue weighted by molar-refractivity contribution is 0.120. The second kappa shape index (κ2) is 7.84. The molecule has 7 heteroatoms. The van der Waals surface area contributed by atoms with E-state index in [-0.39, 0.29) is 6.10 Å². The number of rotatable bonds is 7. The smallest absolute Gasteiger partial charge is 0.161 e. The lowest BCUT2D eigenvalue weighted by Gasteiger charge is -2.14. The minimum absolute atomic E-state index is 0.236. The summed E-state index contributed by atoms with van der Waals surface area (Å²) in [5.41, 5.74) is 2.59. The number of anilines is 1. The molecule has 3 heterocycles. The van der Waals surface area contributed by atoms with Crippen molar-refractivity contribution in [2.45, 2.75) is 25.9 Å². The van der Waals surface area contributed by atoms with Gasteiger partial charge in [0.1, 0.15) is 11.5 Å². The molecular formula is C20H24N4O3. The first kappa shape index (κ1) is 17.6. The van der Waals surface area contributed by atoms with E-state index in [4.69, 9.17) is 19.2 Å². The summed E-state index contributed by atoms with van der Waals surface area (Å²) >= 11 is 0. The second-order valence-electron chi connectivity index (χ2n) is 6.43. The molecule has 142 valence electrons. The largest absolute Gasteiger partial charge is 0.493 e. The average Bonchev–Trinajstić information content (AvgIpc) is 3.34. The molecule has 1 aliphatic rings. The summed E-state index contributed by atoms with van der Waals surface area (Å²) < 4.78 is 18.9. The van der Waals surface area contributed by atoms with Crippen molar-refractivity contribution < 1.29 is 14.2 Å². The molecule has 1 N–H and O–H groups in total. The van der Waals surface area contributed by atoms with Gasteiger partial charge in [-0.25, -0.2) is 4.98 Å². The maximum atomic E-state index is 5.75. The van der Waals surface area contributed by atoms with E-state index in [2.05, 4.69) is 10.3 Å². The van der Waals surface area contributed by atoms with Crippen molar-refractivity contribution in [3.05, 3.63) is 36.8 Å². The number of hydrogen-bond acceptors (Lipinski definition) is 6. The van der Waals surface area contributed by atoms with Gasteiger partial charge in [-0.2, -0.15) is 0 Å². The number of ether oxygens (including phenoxy) is 3. The van der Waals surface area contributed by atoms with Crippen LogP contribution in [0.4, 0.5) is 5.82 Å². The molecule has 7 nitrogen and oxygen atoms in total. The molecule has 0 aliphatic carbocycles. The SMILES string of the molecule is CCOc1ccc(-c2nc3cnccn3c2NC[C@H]2CCCO2)cc1OC. The lowest BCUT2D eigenvalue weighted by atomic mass is 10.1. The highest BCUT2D eigenvalue weighted by atomic mass is 16.5. The molecule has 4 rings (SSSR count). The summed E-state index contributed by atoms with van der Waals surface area (Å²) in [6.07, 6.45) is 7.86. The van der Waals surface area contributed by atoms with Crippen molar-refractivity contribution in [2.24, 2.45) is 0 Å². The Balaban J connectivity index is 1.72.